The molecule has 1 aliphatic heterocycles. The van der Waals surface area contributed by atoms with Crippen LogP contribution < -0.4 is 0 Å². The van der Waals surface area contributed by atoms with Gasteiger partial charge in [0.1, 0.15) is 5.82 Å². The lowest BCUT2D eigenvalue weighted by molar-refractivity contribution is -0.385. The number of nitro benzene ring substituents is 1. The van der Waals surface area contributed by atoms with E-state index in [9.17, 15) is 19.3 Å². The van der Waals surface area contributed by atoms with Gasteiger partial charge in [0.25, 0.3) is 5.69 Å². The summed E-state index contributed by atoms with van der Waals surface area (Å²) in [6.45, 7) is 1.77. The molecule has 18 heavy (non-hydrogen) atoms. The van der Waals surface area contributed by atoms with Crippen LogP contribution in [0.15, 0.2) is 18.2 Å². The van der Waals surface area contributed by atoms with Crippen LogP contribution in [-0.2, 0) is 0 Å². The zero-order valence-electron chi connectivity index (χ0n) is 9.81. The Hall–Kier alpha value is -1.43. The van der Waals surface area contributed by atoms with Crippen LogP contribution in [0.2, 0.25) is 0 Å². The van der Waals surface area contributed by atoms with Crippen LogP contribution in [0.4, 0.5) is 10.1 Å². The molecule has 1 heterocycles. The van der Waals surface area contributed by atoms with Crippen LogP contribution >= 0.6 is 11.8 Å². The lowest BCUT2D eigenvalue weighted by atomic mass is 9.93. The Bertz CT molecular complexity index is 512. The highest BCUT2D eigenvalue weighted by molar-refractivity contribution is 8.01. The Morgan fingerprint density at radius 2 is 2.28 bits per heavy atom. The quantitative estimate of drug-likeness (QED) is 0.480. The average Bonchev–Trinajstić information content (AvgIpc) is 2.76. The van der Waals surface area contributed by atoms with Crippen molar-refractivity contribution >= 4 is 23.2 Å². The van der Waals surface area contributed by atoms with Gasteiger partial charge in [-0.05, 0) is 37.7 Å². The lowest BCUT2D eigenvalue weighted by Crippen LogP contribution is -2.29. The minimum absolute atomic E-state index is 0.128. The molecular formula is C12H12FNO3S. The minimum atomic E-state index is -0.668. The number of nitrogens with zero attached hydrogens (tertiary/aromatic N) is 1. The normalized spacial score (nSPS) is 23.0. The Morgan fingerprint density at radius 1 is 1.56 bits per heavy atom. The van der Waals surface area contributed by atoms with Gasteiger partial charge in [-0.25, -0.2) is 4.39 Å². The van der Waals surface area contributed by atoms with Crippen molar-refractivity contribution < 1.29 is 14.1 Å². The van der Waals surface area contributed by atoms with E-state index in [1.807, 2.05) is 0 Å². The molecular weight excluding hydrogens is 257 g/mol. The van der Waals surface area contributed by atoms with Gasteiger partial charge in [0.2, 0.25) is 0 Å². The fourth-order valence-corrected chi connectivity index (χ4v) is 3.36. The summed E-state index contributed by atoms with van der Waals surface area (Å²) in [5.74, 6) is -0.127. The molecule has 0 radical (unpaired) electrons. The number of hydrogen-bond donors (Lipinski definition) is 0. The first-order valence-corrected chi connectivity index (χ1v) is 6.55. The SMILES string of the molecule is CC1(C(=O)c2cc(F)ccc2[N+](=O)[O-])CCCS1. The van der Waals surface area contributed by atoms with Gasteiger partial charge < -0.3 is 0 Å². The summed E-state index contributed by atoms with van der Waals surface area (Å²) < 4.78 is 12.5. The van der Waals surface area contributed by atoms with E-state index >= 15 is 0 Å². The van der Waals surface area contributed by atoms with E-state index in [4.69, 9.17) is 0 Å². The predicted molar refractivity (Wildman–Crippen MR) is 67.5 cm³/mol. The monoisotopic (exact) mass is 269 g/mol. The molecule has 0 aliphatic carbocycles. The summed E-state index contributed by atoms with van der Waals surface area (Å²) in [6, 6.07) is 3.01. The van der Waals surface area contributed by atoms with Crippen molar-refractivity contribution in [2.45, 2.75) is 24.5 Å². The maximum atomic E-state index is 13.2. The molecule has 1 unspecified atom stereocenters. The van der Waals surface area contributed by atoms with Crippen LogP contribution in [0, 0.1) is 15.9 Å². The third kappa shape index (κ3) is 2.25. The van der Waals surface area contributed by atoms with Crippen LogP contribution in [-0.4, -0.2) is 21.2 Å². The topological polar surface area (TPSA) is 60.2 Å². The van der Waals surface area contributed by atoms with Crippen LogP contribution in [0.25, 0.3) is 0 Å². The van der Waals surface area contributed by atoms with E-state index in [1.54, 1.807) is 6.92 Å². The van der Waals surface area contributed by atoms with E-state index in [-0.39, 0.29) is 17.0 Å². The third-order valence-electron chi connectivity index (χ3n) is 3.10. The van der Waals surface area contributed by atoms with E-state index in [0.717, 1.165) is 30.4 Å². The number of halogens is 1. The minimum Gasteiger partial charge on any atom is -0.292 e. The van der Waals surface area contributed by atoms with Gasteiger partial charge in [-0.15, -0.1) is 11.8 Å². The molecule has 1 fully saturated rings. The Balaban J connectivity index is 2.46. The number of hydrogen-bond acceptors (Lipinski definition) is 4. The summed E-state index contributed by atoms with van der Waals surface area (Å²) in [4.78, 5) is 22.6. The van der Waals surface area contributed by atoms with Crippen molar-refractivity contribution in [3.05, 3.63) is 39.7 Å². The molecule has 1 aromatic rings. The van der Waals surface area contributed by atoms with E-state index in [0.29, 0.717) is 6.42 Å². The molecule has 0 spiro atoms. The number of nitro groups is 1. The van der Waals surface area contributed by atoms with Crippen LogP contribution in [0.3, 0.4) is 0 Å². The molecule has 0 saturated carbocycles. The first-order chi connectivity index (χ1) is 8.44. The first kappa shape index (κ1) is 13.0. The molecule has 0 N–H and O–H groups in total. The van der Waals surface area contributed by atoms with Crippen molar-refractivity contribution in [1.29, 1.82) is 0 Å². The summed E-state index contributed by atoms with van der Waals surface area (Å²) in [5.41, 5.74) is -0.452. The van der Waals surface area contributed by atoms with Gasteiger partial charge in [-0.3, -0.25) is 14.9 Å². The highest BCUT2D eigenvalue weighted by atomic mass is 32.2. The van der Waals surface area contributed by atoms with Crippen molar-refractivity contribution in [1.82, 2.24) is 0 Å². The van der Waals surface area contributed by atoms with Crippen LogP contribution in [0.1, 0.15) is 30.1 Å². The fraction of sp³-hybridized carbons (Fsp3) is 0.417. The maximum absolute atomic E-state index is 13.2. The smallest absolute Gasteiger partial charge is 0.280 e. The number of benzene rings is 1. The second kappa shape index (κ2) is 4.68. The van der Waals surface area contributed by atoms with Crippen molar-refractivity contribution in [2.24, 2.45) is 0 Å². The number of carbonyl (C=O) groups is 1. The fourth-order valence-electron chi connectivity index (χ4n) is 2.09. The molecule has 6 heteroatoms. The molecule has 0 aromatic heterocycles. The highest BCUT2D eigenvalue weighted by Gasteiger charge is 2.40. The Kier molecular flexibility index (Phi) is 3.38. The molecule has 1 aromatic carbocycles. The van der Waals surface area contributed by atoms with Crippen LogP contribution in [0.5, 0.6) is 0 Å². The van der Waals surface area contributed by atoms with Gasteiger partial charge >= 0.3 is 0 Å². The Labute approximate surface area is 108 Å². The van der Waals surface area contributed by atoms with Gasteiger partial charge in [-0.1, -0.05) is 0 Å². The molecule has 96 valence electrons. The molecule has 1 saturated heterocycles. The molecule has 1 aliphatic rings. The Morgan fingerprint density at radius 3 is 2.83 bits per heavy atom. The second-order valence-corrected chi connectivity index (χ2v) is 6.03. The van der Waals surface area contributed by atoms with Gasteiger partial charge in [0.05, 0.1) is 15.2 Å². The number of rotatable bonds is 3. The zero-order chi connectivity index (χ0) is 13.3. The summed E-state index contributed by atoms with van der Waals surface area (Å²) in [7, 11) is 0. The third-order valence-corrected chi connectivity index (χ3v) is 4.62. The van der Waals surface area contributed by atoms with E-state index in [1.165, 1.54) is 11.8 Å². The van der Waals surface area contributed by atoms with Gasteiger partial charge in [0.15, 0.2) is 5.78 Å². The highest BCUT2D eigenvalue weighted by Crippen LogP contribution is 2.41. The number of thioether (sulfide) groups is 1. The van der Waals surface area contributed by atoms with Crippen molar-refractivity contribution in [3.63, 3.8) is 0 Å². The predicted octanol–water partition coefficient (Wildman–Crippen LogP) is 3.20. The summed E-state index contributed by atoms with van der Waals surface area (Å²) in [5, 5.41) is 10.9. The van der Waals surface area contributed by atoms with Crippen molar-refractivity contribution in [2.75, 3.05) is 5.75 Å². The van der Waals surface area contributed by atoms with E-state index < -0.39 is 15.5 Å². The van der Waals surface area contributed by atoms with Gasteiger partial charge in [0, 0.05) is 6.07 Å². The number of carbonyl (C=O) groups excluding carboxylic acids is 1. The average molecular weight is 269 g/mol. The maximum Gasteiger partial charge on any atom is 0.280 e. The van der Waals surface area contributed by atoms with Crippen molar-refractivity contribution in [3.8, 4) is 0 Å². The number of ketones is 1. The standard InChI is InChI=1S/C12H12FNO3S/c1-12(5-2-6-18-12)11(15)9-7-8(13)3-4-10(9)14(16)17/h3-4,7H,2,5-6H2,1H3. The molecule has 1 atom stereocenters. The molecule has 0 amide bonds. The second-order valence-electron chi connectivity index (χ2n) is 4.43. The molecule has 4 nitrogen and oxygen atoms in total. The largest absolute Gasteiger partial charge is 0.292 e. The first-order valence-electron chi connectivity index (χ1n) is 5.57. The van der Waals surface area contributed by atoms with E-state index in [2.05, 4.69) is 0 Å². The summed E-state index contributed by atoms with van der Waals surface area (Å²) >= 11 is 1.48. The molecule has 0 bridgehead atoms. The summed E-state index contributed by atoms with van der Waals surface area (Å²) in [6.07, 6.45) is 1.57. The van der Waals surface area contributed by atoms with Gasteiger partial charge in [-0.2, -0.15) is 0 Å². The zero-order valence-corrected chi connectivity index (χ0v) is 10.6. The lowest BCUT2D eigenvalue weighted by Gasteiger charge is -2.20. The number of Topliss-reactive ketones (excluding diaryl/α,β-unsaturated/α-hetero) is 1. The molecule has 2 rings (SSSR count).